The van der Waals surface area contributed by atoms with Crippen LogP contribution in [-0.4, -0.2) is 30.0 Å². The van der Waals surface area contributed by atoms with E-state index < -0.39 is 17.7 Å². The summed E-state index contributed by atoms with van der Waals surface area (Å²) in [5.41, 5.74) is 3.56. The Labute approximate surface area is 237 Å². The molecule has 40 heavy (non-hydrogen) atoms. The number of Topliss-reactive ketones (excluding diaryl/α,β-unsaturated/α-hetero) is 1. The molecule has 0 saturated carbocycles. The summed E-state index contributed by atoms with van der Waals surface area (Å²) in [5.74, 6) is 0.0950. The molecule has 1 aliphatic heterocycles. The molecule has 6 nitrogen and oxygen atoms in total. The van der Waals surface area contributed by atoms with Crippen LogP contribution >= 0.6 is 0 Å². The van der Waals surface area contributed by atoms with Gasteiger partial charge in [-0.1, -0.05) is 58.9 Å². The summed E-state index contributed by atoms with van der Waals surface area (Å²) in [6, 6.07) is 19.6. The largest absolute Gasteiger partial charge is 0.507 e. The van der Waals surface area contributed by atoms with Gasteiger partial charge in [-0.15, -0.1) is 0 Å². The Bertz CT molecular complexity index is 1410. The highest BCUT2D eigenvalue weighted by Crippen LogP contribution is 2.43. The van der Waals surface area contributed by atoms with Crippen LogP contribution in [0.1, 0.15) is 82.7 Å². The molecular weight excluding hydrogens is 502 g/mol. The van der Waals surface area contributed by atoms with Crippen molar-refractivity contribution in [3.8, 4) is 11.5 Å². The molecule has 4 rings (SSSR count). The minimum atomic E-state index is -0.802. The molecule has 1 aliphatic rings. The van der Waals surface area contributed by atoms with E-state index in [1.807, 2.05) is 50.2 Å². The molecule has 1 atom stereocenters. The number of anilines is 1. The molecule has 0 bridgehead atoms. The van der Waals surface area contributed by atoms with E-state index in [0.29, 0.717) is 36.1 Å². The quantitative estimate of drug-likeness (QED) is 0.181. The van der Waals surface area contributed by atoms with E-state index >= 15 is 0 Å². The van der Waals surface area contributed by atoms with Crippen molar-refractivity contribution < 1.29 is 24.2 Å². The lowest BCUT2D eigenvalue weighted by atomic mass is 9.84. The number of ketones is 1. The maximum absolute atomic E-state index is 13.6. The number of hydrogen-bond donors (Lipinski definition) is 1. The fourth-order valence-electron chi connectivity index (χ4n) is 5.05. The van der Waals surface area contributed by atoms with Gasteiger partial charge in [0.1, 0.15) is 17.3 Å². The van der Waals surface area contributed by atoms with Crippen LogP contribution in [0.25, 0.3) is 5.76 Å². The lowest BCUT2D eigenvalue weighted by Gasteiger charge is -2.26. The zero-order chi connectivity index (χ0) is 29.2. The van der Waals surface area contributed by atoms with E-state index in [2.05, 4.69) is 34.6 Å². The number of benzene rings is 3. The minimum Gasteiger partial charge on any atom is -0.507 e. The van der Waals surface area contributed by atoms with Crippen LogP contribution in [0, 0.1) is 0 Å². The van der Waals surface area contributed by atoms with Crippen molar-refractivity contribution in [3.05, 3.63) is 94.6 Å². The van der Waals surface area contributed by atoms with Crippen molar-refractivity contribution in [2.24, 2.45) is 0 Å². The monoisotopic (exact) mass is 541 g/mol. The van der Waals surface area contributed by atoms with E-state index in [4.69, 9.17) is 9.47 Å². The number of rotatable bonds is 8. The standard InChI is InChI=1S/C34H39NO5/c1-8-39-26-17-15-25(16-18-26)35-30(23-12-10-22(11-13-23)21(3)4)29(32(37)33(35)38)31(36)24-14-19-28(40-9-2)27(20-24)34(5,6)7/h10-21,30,36H,8-9H2,1-7H3/b31-29-. The van der Waals surface area contributed by atoms with E-state index in [0.717, 1.165) is 22.4 Å². The van der Waals surface area contributed by atoms with Crippen LogP contribution in [0.4, 0.5) is 5.69 Å². The zero-order valence-electron chi connectivity index (χ0n) is 24.4. The van der Waals surface area contributed by atoms with Gasteiger partial charge in [-0.05, 0) is 78.8 Å². The maximum atomic E-state index is 13.6. The maximum Gasteiger partial charge on any atom is 0.300 e. The number of carbonyl (C=O) groups excluding carboxylic acids is 2. The summed E-state index contributed by atoms with van der Waals surface area (Å²) < 4.78 is 11.4. The minimum absolute atomic E-state index is 0.0557. The van der Waals surface area contributed by atoms with Crippen LogP contribution in [0.3, 0.4) is 0 Å². The van der Waals surface area contributed by atoms with E-state index in [-0.39, 0.29) is 16.7 Å². The Balaban J connectivity index is 1.91. The highest BCUT2D eigenvalue weighted by atomic mass is 16.5. The van der Waals surface area contributed by atoms with Gasteiger partial charge in [0.2, 0.25) is 0 Å². The number of nitrogens with zero attached hydrogens (tertiary/aromatic N) is 1. The fourth-order valence-corrected chi connectivity index (χ4v) is 5.05. The Morgan fingerprint density at radius 3 is 2.08 bits per heavy atom. The Hall–Kier alpha value is -4.06. The third-order valence-electron chi connectivity index (χ3n) is 7.15. The Kier molecular flexibility index (Phi) is 8.38. The van der Waals surface area contributed by atoms with Gasteiger partial charge in [0.15, 0.2) is 0 Å². The van der Waals surface area contributed by atoms with Crippen LogP contribution < -0.4 is 14.4 Å². The molecular formula is C34H39NO5. The summed E-state index contributed by atoms with van der Waals surface area (Å²) >= 11 is 0. The molecule has 3 aromatic carbocycles. The summed E-state index contributed by atoms with van der Waals surface area (Å²) in [4.78, 5) is 28.7. The van der Waals surface area contributed by atoms with Gasteiger partial charge in [0.25, 0.3) is 11.7 Å². The summed E-state index contributed by atoms with van der Waals surface area (Å²) in [7, 11) is 0. The molecule has 1 saturated heterocycles. The van der Waals surface area contributed by atoms with Gasteiger partial charge < -0.3 is 14.6 Å². The Morgan fingerprint density at radius 1 is 0.900 bits per heavy atom. The van der Waals surface area contributed by atoms with Crippen LogP contribution in [0.15, 0.2) is 72.3 Å². The molecule has 0 spiro atoms. The van der Waals surface area contributed by atoms with Gasteiger partial charge in [-0.3, -0.25) is 14.5 Å². The average molecular weight is 542 g/mol. The fraction of sp³-hybridized carbons (Fsp3) is 0.353. The van der Waals surface area contributed by atoms with Gasteiger partial charge in [0, 0.05) is 16.8 Å². The first-order chi connectivity index (χ1) is 19.0. The molecule has 1 amide bonds. The molecule has 0 radical (unpaired) electrons. The molecule has 0 aliphatic carbocycles. The number of aliphatic hydroxyl groups excluding tert-OH is 1. The van der Waals surface area contributed by atoms with Crippen molar-refractivity contribution >= 4 is 23.1 Å². The van der Waals surface area contributed by atoms with Crippen LogP contribution in [0.5, 0.6) is 11.5 Å². The molecule has 3 aromatic rings. The smallest absolute Gasteiger partial charge is 0.300 e. The first kappa shape index (κ1) is 28.9. The van der Waals surface area contributed by atoms with Gasteiger partial charge in [-0.2, -0.15) is 0 Å². The number of amides is 1. The topological polar surface area (TPSA) is 76.1 Å². The van der Waals surface area contributed by atoms with E-state index in [9.17, 15) is 14.7 Å². The average Bonchev–Trinajstić information content (AvgIpc) is 3.19. The molecule has 1 N–H and O–H groups in total. The third-order valence-corrected chi connectivity index (χ3v) is 7.15. The summed E-state index contributed by atoms with van der Waals surface area (Å²) in [5, 5.41) is 11.7. The highest BCUT2D eigenvalue weighted by molar-refractivity contribution is 6.51. The molecule has 6 heteroatoms. The number of aliphatic hydroxyl groups is 1. The van der Waals surface area contributed by atoms with Crippen molar-refractivity contribution in [2.75, 3.05) is 18.1 Å². The van der Waals surface area contributed by atoms with Crippen molar-refractivity contribution in [3.63, 3.8) is 0 Å². The number of carbonyl (C=O) groups is 2. The van der Waals surface area contributed by atoms with Gasteiger partial charge in [0.05, 0.1) is 24.8 Å². The normalized spacial score (nSPS) is 17.0. The first-order valence-corrected chi connectivity index (χ1v) is 13.9. The molecule has 0 aromatic heterocycles. The van der Waals surface area contributed by atoms with E-state index in [1.54, 1.807) is 30.3 Å². The highest BCUT2D eigenvalue weighted by Gasteiger charge is 2.47. The summed E-state index contributed by atoms with van der Waals surface area (Å²) in [6.07, 6.45) is 0. The van der Waals surface area contributed by atoms with E-state index in [1.165, 1.54) is 4.90 Å². The number of hydrogen-bond acceptors (Lipinski definition) is 5. The second-order valence-corrected chi connectivity index (χ2v) is 11.3. The molecule has 1 heterocycles. The number of ether oxygens (including phenoxy) is 2. The van der Waals surface area contributed by atoms with Gasteiger partial charge in [-0.25, -0.2) is 0 Å². The predicted octanol–water partition coefficient (Wildman–Crippen LogP) is 7.53. The zero-order valence-corrected chi connectivity index (χ0v) is 24.4. The van der Waals surface area contributed by atoms with Gasteiger partial charge >= 0.3 is 0 Å². The van der Waals surface area contributed by atoms with Crippen molar-refractivity contribution in [1.29, 1.82) is 0 Å². The molecule has 210 valence electrons. The lowest BCUT2D eigenvalue weighted by molar-refractivity contribution is -0.132. The Morgan fingerprint density at radius 2 is 1.52 bits per heavy atom. The second kappa shape index (κ2) is 11.6. The van der Waals surface area contributed by atoms with Crippen LogP contribution in [-0.2, 0) is 15.0 Å². The summed E-state index contributed by atoms with van der Waals surface area (Å²) in [6.45, 7) is 15.3. The predicted molar refractivity (Wildman–Crippen MR) is 159 cm³/mol. The second-order valence-electron chi connectivity index (χ2n) is 11.3. The van der Waals surface area contributed by atoms with Crippen molar-refractivity contribution in [2.45, 2.75) is 65.8 Å². The molecule has 1 unspecified atom stereocenters. The van der Waals surface area contributed by atoms with Crippen LogP contribution in [0.2, 0.25) is 0 Å². The third kappa shape index (κ3) is 5.62. The first-order valence-electron chi connectivity index (χ1n) is 13.9. The lowest BCUT2D eigenvalue weighted by Crippen LogP contribution is -2.29. The molecule has 1 fully saturated rings. The van der Waals surface area contributed by atoms with Crippen molar-refractivity contribution in [1.82, 2.24) is 0 Å². The SMILES string of the molecule is CCOc1ccc(N2C(=O)C(=O)/C(=C(\O)c3ccc(OCC)c(C(C)(C)C)c3)C2c2ccc(C(C)C)cc2)cc1.